The fourth-order valence-electron chi connectivity index (χ4n) is 0.743. The number of hydrogen-bond acceptors (Lipinski definition) is 3. The molecule has 6 heteroatoms. The topological polar surface area (TPSA) is 89.6 Å². The lowest BCUT2D eigenvalue weighted by Crippen LogP contribution is -2.10. The van der Waals surface area contributed by atoms with E-state index in [-0.39, 0.29) is 5.92 Å². The van der Waals surface area contributed by atoms with Crippen molar-refractivity contribution in [1.82, 2.24) is 0 Å². The number of hydrogen-bond donors (Lipinski definition) is 2. The second-order valence-electron chi connectivity index (χ2n) is 3.37. The summed E-state index contributed by atoms with van der Waals surface area (Å²) in [6.45, 7) is 7.19. The molecule has 0 aromatic heterocycles. The van der Waals surface area contributed by atoms with Crippen molar-refractivity contribution in [3.8, 4) is 0 Å². The molecular weight excluding hydrogens is 205 g/mol. The van der Waals surface area contributed by atoms with Gasteiger partial charge in [-0.15, -0.1) is 0 Å². The lowest BCUT2D eigenvalue weighted by molar-refractivity contribution is -0.114. The van der Waals surface area contributed by atoms with Gasteiger partial charge in [-0.1, -0.05) is 13.5 Å². The van der Waals surface area contributed by atoms with Gasteiger partial charge in [-0.2, -0.15) is 0 Å². The average Bonchev–Trinajstić information content (AvgIpc) is 2.30. The van der Waals surface area contributed by atoms with Crippen LogP contribution in [0.25, 0.3) is 0 Å². The van der Waals surface area contributed by atoms with Crippen LogP contribution in [0.15, 0.2) is 12.2 Å². The Morgan fingerprint density at radius 3 is 2.21 bits per heavy atom. The van der Waals surface area contributed by atoms with Gasteiger partial charge in [0.2, 0.25) is 5.91 Å². The Kier molecular flexibility index (Phi) is 5.05. The van der Waals surface area contributed by atoms with Crippen LogP contribution in [0.4, 0.5) is 0 Å². The second kappa shape index (κ2) is 5.29. The Balaban J connectivity index is 0.000000255. The zero-order valence-electron chi connectivity index (χ0n) is 8.40. The molecule has 14 heavy (non-hydrogen) atoms. The third-order valence-electron chi connectivity index (χ3n) is 1.52. The SMILES string of the molecule is C=C(C)C(N)=O.CC1COP(=O)(O)C1. The van der Waals surface area contributed by atoms with Crippen LogP contribution in [0.1, 0.15) is 13.8 Å². The van der Waals surface area contributed by atoms with Crippen molar-refractivity contribution >= 4 is 13.5 Å². The smallest absolute Gasteiger partial charge is 0.328 e. The second-order valence-corrected chi connectivity index (χ2v) is 5.26. The molecule has 1 rings (SSSR count). The molecule has 82 valence electrons. The number of rotatable bonds is 1. The van der Waals surface area contributed by atoms with E-state index in [2.05, 4.69) is 11.1 Å². The fourth-order valence-corrected chi connectivity index (χ4v) is 2.23. The van der Waals surface area contributed by atoms with Crippen LogP contribution in [0.2, 0.25) is 0 Å². The predicted octanol–water partition coefficient (Wildman–Crippen LogP) is 0.886. The van der Waals surface area contributed by atoms with Crippen molar-refractivity contribution in [1.29, 1.82) is 0 Å². The van der Waals surface area contributed by atoms with Crippen molar-refractivity contribution in [2.45, 2.75) is 13.8 Å². The molecule has 0 spiro atoms. The molecule has 0 radical (unpaired) electrons. The van der Waals surface area contributed by atoms with E-state index in [0.717, 1.165) is 0 Å². The first-order chi connectivity index (χ1) is 6.24. The number of nitrogens with two attached hydrogens (primary N) is 1. The molecule has 2 unspecified atom stereocenters. The Labute approximate surface area is 83.5 Å². The largest absolute Gasteiger partial charge is 0.366 e. The summed E-state index contributed by atoms with van der Waals surface area (Å²) in [4.78, 5) is 18.5. The van der Waals surface area contributed by atoms with Gasteiger partial charge in [-0.3, -0.25) is 9.36 Å². The fraction of sp³-hybridized carbons (Fsp3) is 0.625. The van der Waals surface area contributed by atoms with Crippen molar-refractivity contribution < 1.29 is 18.8 Å². The van der Waals surface area contributed by atoms with Gasteiger partial charge in [-0.25, -0.2) is 0 Å². The molecule has 1 aliphatic heterocycles. The normalized spacial score (nSPS) is 30.4. The van der Waals surface area contributed by atoms with Crippen molar-refractivity contribution in [3.05, 3.63) is 12.2 Å². The molecule has 3 N–H and O–H groups in total. The van der Waals surface area contributed by atoms with E-state index in [4.69, 9.17) is 10.6 Å². The first kappa shape index (κ1) is 13.4. The van der Waals surface area contributed by atoms with Gasteiger partial charge in [-0.05, 0) is 12.8 Å². The molecule has 0 aromatic rings. The highest BCUT2D eigenvalue weighted by Gasteiger charge is 2.30. The van der Waals surface area contributed by atoms with E-state index in [9.17, 15) is 9.36 Å². The zero-order chi connectivity index (χ0) is 11.4. The third kappa shape index (κ3) is 5.91. The monoisotopic (exact) mass is 221 g/mol. The van der Waals surface area contributed by atoms with Gasteiger partial charge in [0.15, 0.2) is 0 Å². The predicted molar refractivity (Wildman–Crippen MR) is 53.8 cm³/mol. The molecule has 1 saturated heterocycles. The summed E-state index contributed by atoms with van der Waals surface area (Å²) >= 11 is 0. The van der Waals surface area contributed by atoms with Crippen LogP contribution in [0.3, 0.4) is 0 Å². The summed E-state index contributed by atoms with van der Waals surface area (Å²) in [6, 6.07) is 0. The maximum Gasteiger partial charge on any atom is 0.328 e. The zero-order valence-corrected chi connectivity index (χ0v) is 9.29. The first-order valence-corrected chi connectivity index (χ1v) is 5.92. The van der Waals surface area contributed by atoms with Crippen molar-refractivity contribution in [2.75, 3.05) is 12.8 Å². The first-order valence-electron chi connectivity index (χ1n) is 4.16. The average molecular weight is 221 g/mol. The van der Waals surface area contributed by atoms with E-state index >= 15 is 0 Å². The quantitative estimate of drug-likeness (QED) is 0.508. The number of amides is 1. The molecule has 1 fully saturated rings. The van der Waals surface area contributed by atoms with Gasteiger partial charge in [0, 0.05) is 5.57 Å². The van der Waals surface area contributed by atoms with Gasteiger partial charge < -0.3 is 15.2 Å². The maximum absolute atomic E-state index is 10.6. The van der Waals surface area contributed by atoms with E-state index in [1.807, 2.05) is 6.92 Å². The molecule has 1 heterocycles. The molecule has 1 aliphatic rings. The summed E-state index contributed by atoms with van der Waals surface area (Å²) in [6.07, 6.45) is 0.326. The molecule has 0 aliphatic carbocycles. The van der Waals surface area contributed by atoms with E-state index in [0.29, 0.717) is 18.3 Å². The molecule has 1 amide bonds. The van der Waals surface area contributed by atoms with Crippen molar-refractivity contribution in [2.24, 2.45) is 11.7 Å². The van der Waals surface area contributed by atoms with Gasteiger partial charge in [0.25, 0.3) is 0 Å². The summed E-state index contributed by atoms with van der Waals surface area (Å²) in [5.74, 6) is -0.180. The lowest BCUT2D eigenvalue weighted by atomic mass is 10.2. The lowest BCUT2D eigenvalue weighted by Gasteiger charge is -1.96. The number of carbonyl (C=O) groups excluding carboxylic acids is 1. The van der Waals surface area contributed by atoms with Crippen molar-refractivity contribution in [3.63, 3.8) is 0 Å². The summed E-state index contributed by atoms with van der Waals surface area (Å²) in [5.41, 5.74) is 5.09. The van der Waals surface area contributed by atoms with Crippen LogP contribution < -0.4 is 5.73 Å². The number of primary amides is 1. The minimum atomic E-state index is -3.10. The van der Waals surface area contributed by atoms with Gasteiger partial charge in [0.1, 0.15) is 0 Å². The van der Waals surface area contributed by atoms with Gasteiger partial charge in [0.05, 0.1) is 12.8 Å². The molecule has 5 nitrogen and oxygen atoms in total. The van der Waals surface area contributed by atoms with Crippen LogP contribution in [-0.4, -0.2) is 23.6 Å². The Hall–Kier alpha value is -0.640. The molecule has 0 saturated carbocycles. The van der Waals surface area contributed by atoms with E-state index in [1.165, 1.54) is 0 Å². The number of carbonyl (C=O) groups is 1. The summed E-state index contributed by atoms with van der Waals surface area (Å²) < 4.78 is 15.1. The summed E-state index contributed by atoms with van der Waals surface area (Å²) in [7, 11) is -3.10. The minimum Gasteiger partial charge on any atom is -0.366 e. The highest BCUT2D eigenvalue weighted by molar-refractivity contribution is 7.53. The van der Waals surface area contributed by atoms with Crippen LogP contribution in [0, 0.1) is 5.92 Å². The molecule has 2 atom stereocenters. The van der Waals surface area contributed by atoms with Crippen LogP contribution in [-0.2, 0) is 13.9 Å². The Bertz CT molecular complexity index is 265. The standard InChI is InChI=1S/C4H7NO.C4H9O3P/c1-3(2)4(5)6;1-4-2-7-8(5,6)3-4/h1H2,2H3,(H2,5,6);4H,2-3H2,1H3,(H,5,6). The van der Waals surface area contributed by atoms with Crippen LogP contribution >= 0.6 is 7.60 Å². The Morgan fingerprint density at radius 2 is 2.14 bits per heavy atom. The molecular formula is C8H16NO4P. The van der Waals surface area contributed by atoms with Gasteiger partial charge >= 0.3 is 7.60 Å². The molecule has 0 bridgehead atoms. The Morgan fingerprint density at radius 1 is 1.71 bits per heavy atom. The minimum absolute atomic E-state index is 0.255. The molecule has 0 aromatic carbocycles. The van der Waals surface area contributed by atoms with Crippen LogP contribution in [0.5, 0.6) is 0 Å². The summed E-state index contributed by atoms with van der Waals surface area (Å²) in [5, 5.41) is 0. The third-order valence-corrected chi connectivity index (χ3v) is 3.16. The van der Waals surface area contributed by atoms with E-state index < -0.39 is 13.5 Å². The highest BCUT2D eigenvalue weighted by Crippen LogP contribution is 2.49. The maximum atomic E-state index is 10.6. The highest BCUT2D eigenvalue weighted by atomic mass is 31.2. The van der Waals surface area contributed by atoms with E-state index in [1.54, 1.807) is 6.92 Å².